The van der Waals surface area contributed by atoms with Gasteiger partial charge in [-0.15, -0.1) is 5.10 Å². The summed E-state index contributed by atoms with van der Waals surface area (Å²) in [6, 6.07) is 13.2. The lowest BCUT2D eigenvalue weighted by Gasteiger charge is -2.08. The quantitative estimate of drug-likeness (QED) is 0.353. The van der Waals surface area contributed by atoms with Gasteiger partial charge in [0.1, 0.15) is 5.52 Å². The number of hydrogen-bond acceptors (Lipinski definition) is 7. The van der Waals surface area contributed by atoms with Gasteiger partial charge >= 0.3 is 5.97 Å². The maximum atomic E-state index is 11.8. The number of aromatic nitrogens is 5. The Bertz CT molecular complexity index is 1140. The topological polar surface area (TPSA) is 97.2 Å². The number of carbonyl (C=O) groups is 1. The lowest BCUT2D eigenvalue weighted by Crippen LogP contribution is -2.04. The van der Waals surface area contributed by atoms with E-state index in [4.69, 9.17) is 4.74 Å². The lowest BCUT2D eigenvalue weighted by atomic mass is 10.1. The number of aryl methyl sites for hydroxylation is 1. The predicted molar refractivity (Wildman–Crippen MR) is 112 cm³/mol. The summed E-state index contributed by atoms with van der Waals surface area (Å²) >= 11 is 1.52. The molecule has 3 heterocycles. The van der Waals surface area contributed by atoms with E-state index < -0.39 is 0 Å². The molecule has 0 unspecified atom stereocenters. The number of aromatic amines is 1. The Balaban J connectivity index is 1.50. The van der Waals surface area contributed by atoms with Gasteiger partial charge in [0, 0.05) is 23.7 Å². The highest BCUT2D eigenvalue weighted by molar-refractivity contribution is 7.98. The fraction of sp³-hybridized carbons (Fsp3) is 0.200. The van der Waals surface area contributed by atoms with Crippen LogP contribution in [0.4, 0.5) is 11.6 Å². The summed E-state index contributed by atoms with van der Waals surface area (Å²) in [5.41, 5.74) is 3.45. The van der Waals surface area contributed by atoms with Crippen LogP contribution in [0.1, 0.15) is 28.5 Å². The smallest absolute Gasteiger partial charge is 0.338 e. The Kier molecular flexibility index (Phi) is 5.48. The van der Waals surface area contributed by atoms with Gasteiger partial charge in [0.15, 0.2) is 11.6 Å². The number of rotatable bonds is 7. The first kappa shape index (κ1) is 19.0. The molecule has 29 heavy (non-hydrogen) atoms. The van der Waals surface area contributed by atoms with Crippen LogP contribution in [-0.2, 0) is 10.5 Å². The molecule has 3 aromatic heterocycles. The van der Waals surface area contributed by atoms with Crippen LogP contribution < -0.4 is 5.32 Å². The van der Waals surface area contributed by atoms with Crippen LogP contribution >= 0.6 is 11.8 Å². The van der Waals surface area contributed by atoms with Gasteiger partial charge in [0.25, 0.3) is 0 Å². The molecule has 0 amide bonds. The molecule has 2 N–H and O–H groups in total. The summed E-state index contributed by atoms with van der Waals surface area (Å²) in [4.78, 5) is 16.4. The third-order valence-corrected chi connectivity index (χ3v) is 5.07. The molecule has 9 heteroatoms. The molecule has 4 rings (SSSR count). The molecule has 0 aliphatic heterocycles. The molecular formula is C20H20N6O2S. The first-order chi connectivity index (χ1) is 14.1. The number of ether oxygens (including phenoxy) is 1. The number of fused-ring (bicyclic) bond motifs is 1. The van der Waals surface area contributed by atoms with Crippen LogP contribution in [0.2, 0.25) is 0 Å². The molecule has 0 aliphatic carbocycles. The number of nitrogens with one attached hydrogen (secondary N) is 2. The number of carbonyl (C=O) groups excluding carboxylic acids is 1. The summed E-state index contributed by atoms with van der Waals surface area (Å²) in [6.07, 6.45) is 1.89. The maximum absolute atomic E-state index is 11.8. The van der Waals surface area contributed by atoms with E-state index in [0.29, 0.717) is 34.7 Å². The minimum atomic E-state index is -0.308. The number of anilines is 2. The second-order valence-corrected chi connectivity index (χ2v) is 7.29. The number of esters is 1. The average molecular weight is 408 g/mol. The zero-order valence-corrected chi connectivity index (χ0v) is 16.9. The molecule has 0 fully saturated rings. The SMILES string of the molecule is CCOC(=O)c1ccc(CSc2nc(Nc3cc(C)[nH]n3)c3cccn3n2)cc1. The number of H-pyrrole nitrogens is 1. The Morgan fingerprint density at radius 2 is 2.10 bits per heavy atom. The van der Waals surface area contributed by atoms with Crippen molar-refractivity contribution in [1.29, 1.82) is 0 Å². The van der Waals surface area contributed by atoms with Crippen molar-refractivity contribution in [2.24, 2.45) is 0 Å². The fourth-order valence-electron chi connectivity index (χ4n) is 2.77. The number of hydrogen-bond donors (Lipinski definition) is 2. The van der Waals surface area contributed by atoms with Gasteiger partial charge in [-0.1, -0.05) is 23.9 Å². The molecule has 8 nitrogen and oxygen atoms in total. The van der Waals surface area contributed by atoms with E-state index in [2.05, 4.69) is 25.6 Å². The summed E-state index contributed by atoms with van der Waals surface area (Å²) in [5.74, 6) is 1.76. The largest absolute Gasteiger partial charge is 0.462 e. The van der Waals surface area contributed by atoms with Crippen LogP contribution in [0.5, 0.6) is 0 Å². The average Bonchev–Trinajstić information content (AvgIpc) is 3.36. The Labute approximate surface area is 171 Å². The Morgan fingerprint density at radius 3 is 2.83 bits per heavy atom. The van der Waals surface area contributed by atoms with Crippen LogP contribution in [-0.4, -0.2) is 37.4 Å². The van der Waals surface area contributed by atoms with Gasteiger partial charge in [0.2, 0.25) is 5.16 Å². The van der Waals surface area contributed by atoms with E-state index in [1.165, 1.54) is 11.8 Å². The number of benzene rings is 1. The third kappa shape index (κ3) is 4.40. The van der Waals surface area contributed by atoms with Crippen molar-refractivity contribution in [3.8, 4) is 0 Å². The first-order valence-electron chi connectivity index (χ1n) is 9.15. The van der Waals surface area contributed by atoms with Gasteiger partial charge in [0.05, 0.1) is 12.2 Å². The molecule has 0 saturated heterocycles. The number of thioether (sulfide) groups is 1. The third-order valence-electron chi connectivity index (χ3n) is 4.16. The summed E-state index contributed by atoms with van der Waals surface area (Å²) in [6.45, 7) is 4.10. The molecule has 0 saturated carbocycles. The highest BCUT2D eigenvalue weighted by Crippen LogP contribution is 2.25. The Morgan fingerprint density at radius 1 is 1.28 bits per heavy atom. The predicted octanol–water partition coefficient (Wildman–Crippen LogP) is 3.97. The molecule has 0 radical (unpaired) electrons. The Hall–Kier alpha value is -3.33. The highest BCUT2D eigenvalue weighted by Gasteiger charge is 2.11. The molecular weight excluding hydrogens is 388 g/mol. The summed E-state index contributed by atoms with van der Waals surface area (Å²) < 4.78 is 6.81. The van der Waals surface area contributed by atoms with Crippen molar-refractivity contribution in [3.63, 3.8) is 0 Å². The van der Waals surface area contributed by atoms with Gasteiger partial charge in [-0.25, -0.2) is 14.3 Å². The molecule has 0 aliphatic rings. The first-order valence-corrected chi connectivity index (χ1v) is 10.1. The second-order valence-electron chi connectivity index (χ2n) is 6.35. The lowest BCUT2D eigenvalue weighted by molar-refractivity contribution is 0.0526. The van der Waals surface area contributed by atoms with Gasteiger partial charge < -0.3 is 10.1 Å². The van der Waals surface area contributed by atoms with Crippen molar-refractivity contribution in [3.05, 3.63) is 65.5 Å². The van der Waals surface area contributed by atoms with Crippen LogP contribution in [0, 0.1) is 6.92 Å². The van der Waals surface area contributed by atoms with Gasteiger partial charge in [-0.3, -0.25) is 5.10 Å². The van der Waals surface area contributed by atoms with E-state index in [9.17, 15) is 4.79 Å². The maximum Gasteiger partial charge on any atom is 0.338 e. The molecule has 0 atom stereocenters. The molecule has 0 bridgehead atoms. The van der Waals surface area contributed by atoms with E-state index in [-0.39, 0.29) is 5.97 Å². The second kappa shape index (κ2) is 8.36. The van der Waals surface area contributed by atoms with Crippen molar-refractivity contribution in [2.75, 3.05) is 11.9 Å². The van der Waals surface area contributed by atoms with Gasteiger partial charge in [-0.2, -0.15) is 5.10 Å². The highest BCUT2D eigenvalue weighted by atomic mass is 32.2. The monoisotopic (exact) mass is 408 g/mol. The summed E-state index contributed by atoms with van der Waals surface area (Å²) in [5, 5.41) is 15.6. The number of nitrogens with zero attached hydrogens (tertiary/aromatic N) is 4. The van der Waals surface area contributed by atoms with Crippen LogP contribution in [0.15, 0.2) is 53.8 Å². The zero-order valence-electron chi connectivity index (χ0n) is 16.0. The van der Waals surface area contributed by atoms with Crippen molar-refractivity contribution in [1.82, 2.24) is 24.8 Å². The van der Waals surface area contributed by atoms with E-state index in [0.717, 1.165) is 16.8 Å². The van der Waals surface area contributed by atoms with Crippen molar-refractivity contribution < 1.29 is 9.53 Å². The van der Waals surface area contributed by atoms with Crippen LogP contribution in [0.3, 0.4) is 0 Å². The summed E-state index contributed by atoms with van der Waals surface area (Å²) in [7, 11) is 0. The normalized spacial score (nSPS) is 11.0. The molecule has 0 spiro atoms. The minimum Gasteiger partial charge on any atom is -0.462 e. The standard InChI is InChI=1S/C20H20N6O2S/c1-3-28-19(27)15-8-6-14(7-9-15)12-29-20-22-18(16-5-4-10-26(16)25-20)21-17-11-13(2)23-24-17/h4-11H,3,12H2,1-2H3,(H2,21,22,23,24,25). The fourth-order valence-corrected chi connectivity index (χ4v) is 3.56. The van der Waals surface area contributed by atoms with Crippen LogP contribution in [0.25, 0.3) is 5.52 Å². The van der Waals surface area contributed by atoms with E-state index in [1.54, 1.807) is 23.6 Å². The van der Waals surface area contributed by atoms with E-state index in [1.807, 2.05) is 43.5 Å². The minimum absolute atomic E-state index is 0.308. The molecule has 148 valence electrons. The molecule has 4 aromatic rings. The van der Waals surface area contributed by atoms with Crippen molar-refractivity contribution >= 4 is 34.9 Å². The van der Waals surface area contributed by atoms with E-state index >= 15 is 0 Å². The van der Waals surface area contributed by atoms with Gasteiger partial charge in [-0.05, 0) is 43.7 Å². The molecule has 1 aromatic carbocycles. The van der Waals surface area contributed by atoms with Crippen molar-refractivity contribution in [2.45, 2.75) is 24.8 Å². The zero-order chi connectivity index (χ0) is 20.2.